The van der Waals surface area contributed by atoms with Crippen LogP contribution in [0, 0.1) is 0 Å². The van der Waals surface area contributed by atoms with Gasteiger partial charge in [0.2, 0.25) is 5.75 Å². The van der Waals surface area contributed by atoms with Gasteiger partial charge in [-0.25, -0.2) is 9.59 Å². The Morgan fingerprint density at radius 1 is 0.871 bits per heavy atom. The number of rotatable bonds is 5. The maximum absolute atomic E-state index is 12.7. The van der Waals surface area contributed by atoms with Gasteiger partial charge in [0.25, 0.3) is 0 Å². The molecule has 4 rings (SSSR count). The first-order chi connectivity index (χ1) is 15.0. The molecule has 0 saturated heterocycles. The number of esters is 1. The molecule has 0 atom stereocenters. The molecule has 0 N–H and O–H groups in total. The first kappa shape index (κ1) is 20.6. The van der Waals surface area contributed by atoms with Crippen LogP contribution < -0.4 is 24.6 Å². The van der Waals surface area contributed by atoms with Crippen molar-refractivity contribution in [3.63, 3.8) is 0 Å². The molecule has 4 aromatic rings. The minimum atomic E-state index is -0.595. The maximum atomic E-state index is 12.7. The third-order valence-electron chi connectivity index (χ3n) is 4.77. The first-order valence-electron chi connectivity index (χ1n) is 9.14. The monoisotopic (exact) mass is 440 g/mol. The van der Waals surface area contributed by atoms with E-state index in [0.717, 1.165) is 0 Å². The summed E-state index contributed by atoms with van der Waals surface area (Å²) in [7, 11) is 4.42. The molecule has 0 aliphatic rings. The minimum absolute atomic E-state index is 0.217. The van der Waals surface area contributed by atoms with Gasteiger partial charge in [-0.2, -0.15) is 0 Å². The van der Waals surface area contributed by atoms with Crippen molar-refractivity contribution in [2.24, 2.45) is 0 Å². The van der Waals surface area contributed by atoms with Gasteiger partial charge in [0.15, 0.2) is 11.5 Å². The van der Waals surface area contributed by atoms with E-state index in [1.165, 1.54) is 33.5 Å². The Bertz CT molecular complexity index is 1360. The second-order valence-electron chi connectivity index (χ2n) is 6.51. The van der Waals surface area contributed by atoms with Gasteiger partial charge in [-0.1, -0.05) is 11.6 Å². The summed E-state index contributed by atoms with van der Waals surface area (Å²) in [4.78, 5) is 25.1. The third kappa shape index (κ3) is 3.64. The van der Waals surface area contributed by atoms with Crippen molar-refractivity contribution in [1.82, 2.24) is 0 Å². The molecular weight excluding hydrogens is 424 g/mol. The molecule has 0 unspecified atom stereocenters. The molecule has 0 fully saturated rings. The Morgan fingerprint density at radius 3 is 2.23 bits per heavy atom. The van der Waals surface area contributed by atoms with E-state index in [4.69, 9.17) is 35.0 Å². The molecule has 3 aromatic carbocycles. The number of halogens is 1. The predicted molar refractivity (Wildman–Crippen MR) is 116 cm³/mol. The van der Waals surface area contributed by atoms with Crippen LogP contribution >= 0.6 is 11.6 Å². The van der Waals surface area contributed by atoms with Crippen LogP contribution in [0.1, 0.15) is 10.4 Å². The van der Waals surface area contributed by atoms with Gasteiger partial charge in [-0.05, 0) is 42.5 Å². The fourth-order valence-electron chi connectivity index (χ4n) is 3.35. The van der Waals surface area contributed by atoms with E-state index < -0.39 is 11.6 Å². The molecule has 8 heteroatoms. The zero-order valence-electron chi connectivity index (χ0n) is 16.9. The van der Waals surface area contributed by atoms with E-state index in [1.54, 1.807) is 36.4 Å². The summed E-state index contributed by atoms with van der Waals surface area (Å²) >= 11 is 5.85. The highest BCUT2D eigenvalue weighted by atomic mass is 35.5. The number of fused-ring (bicyclic) bond motifs is 3. The van der Waals surface area contributed by atoms with Crippen LogP contribution in [0.2, 0.25) is 5.02 Å². The molecule has 158 valence electrons. The molecular formula is C23H17ClO7. The van der Waals surface area contributed by atoms with Gasteiger partial charge < -0.3 is 23.4 Å². The predicted octanol–water partition coefficient (Wildman–Crippen LogP) is 4.84. The lowest BCUT2D eigenvalue weighted by Crippen LogP contribution is -2.08. The van der Waals surface area contributed by atoms with Crippen molar-refractivity contribution in [3.05, 3.63) is 69.5 Å². The molecule has 0 aliphatic heterocycles. The summed E-state index contributed by atoms with van der Waals surface area (Å²) in [5, 5.41) is 1.87. The van der Waals surface area contributed by atoms with Gasteiger partial charge >= 0.3 is 11.6 Å². The van der Waals surface area contributed by atoms with Gasteiger partial charge in [-0.15, -0.1) is 0 Å². The number of benzene rings is 3. The molecule has 1 aromatic heterocycles. The number of methoxy groups -OCH3 is 3. The SMILES string of the molecule is COc1cc2c(=O)oc3cc(OC(=O)c4ccc(Cl)cc4)ccc3c2c(OC)c1OC. The molecule has 1 heterocycles. The molecule has 0 aliphatic carbocycles. The van der Waals surface area contributed by atoms with Crippen LogP contribution in [0.3, 0.4) is 0 Å². The fourth-order valence-corrected chi connectivity index (χ4v) is 3.47. The van der Waals surface area contributed by atoms with E-state index in [1.807, 2.05) is 0 Å². The van der Waals surface area contributed by atoms with Crippen LogP contribution in [0.15, 0.2) is 57.7 Å². The minimum Gasteiger partial charge on any atom is -0.493 e. The Labute approximate surface area is 181 Å². The third-order valence-corrected chi connectivity index (χ3v) is 5.02. The molecule has 0 saturated carbocycles. The lowest BCUT2D eigenvalue weighted by molar-refractivity contribution is 0.0735. The van der Waals surface area contributed by atoms with Crippen molar-refractivity contribution in [3.8, 4) is 23.0 Å². The first-order valence-corrected chi connectivity index (χ1v) is 9.52. The van der Waals surface area contributed by atoms with E-state index >= 15 is 0 Å². The number of ether oxygens (including phenoxy) is 4. The Morgan fingerprint density at radius 2 is 1.58 bits per heavy atom. The summed E-state index contributed by atoms with van der Waals surface area (Å²) in [5.74, 6) is 0.674. The van der Waals surface area contributed by atoms with Crippen LogP contribution in [-0.4, -0.2) is 27.3 Å². The van der Waals surface area contributed by atoms with E-state index in [-0.39, 0.29) is 16.7 Å². The second kappa shape index (κ2) is 8.20. The Balaban J connectivity index is 1.85. The summed E-state index contributed by atoms with van der Waals surface area (Å²) < 4.78 is 27.2. The van der Waals surface area contributed by atoms with Crippen LogP contribution in [0.25, 0.3) is 21.7 Å². The average molecular weight is 441 g/mol. The highest BCUT2D eigenvalue weighted by Gasteiger charge is 2.21. The Hall–Kier alpha value is -3.71. The van der Waals surface area contributed by atoms with Gasteiger partial charge in [0, 0.05) is 21.9 Å². The molecule has 0 bridgehead atoms. The number of carbonyl (C=O) groups excluding carboxylic acids is 1. The molecule has 0 amide bonds. The summed E-state index contributed by atoms with van der Waals surface area (Å²) in [6.07, 6.45) is 0. The number of carbonyl (C=O) groups is 1. The summed E-state index contributed by atoms with van der Waals surface area (Å²) in [6.45, 7) is 0. The smallest absolute Gasteiger partial charge is 0.344 e. The molecule has 0 spiro atoms. The zero-order chi connectivity index (χ0) is 22.1. The van der Waals surface area contributed by atoms with Crippen LogP contribution in [-0.2, 0) is 0 Å². The maximum Gasteiger partial charge on any atom is 0.344 e. The highest BCUT2D eigenvalue weighted by Crippen LogP contribution is 2.45. The van der Waals surface area contributed by atoms with Crippen molar-refractivity contribution in [2.75, 3.05) is 21.3 Å². The quantitative estimate of drug-likeness (QED) is 0.190. The molecule has 31 heavy (non-hydrogen) atoms. The average Bonchev–Trinajstić information content (AvgIpc) is 2.78. The molecule has 7 nitrogen and oxygen atoms in total. The largest absolute Gasteiger partial charge is 0.493 e. The number of hydrogen-bond acceptors (Lipinski definition) is 7. The second-order valence-corrected chi connectivity index (χ2v) is 6.95. The van der Waals surface area contributed by atoms with Crippen molar-refractivity contribution in [1.29, 1.82) is 0 Å². The van der Waals surface area contributed by atoms with Gasteiger partial charge in [-0.3, -0.25) is 0 Å². The van der Waals surface area contributed by atoms with E-state index in [2.05, 4.69) is 0 Å². The zero-order valence-corrected chi connectivity index (χ0v) is 17.6. The van der Waals surface area contributed by atoms with E-state index in [0.29, 0.717) is 38.6 Å². The summed E-state index contributed by atoms with van der Waals surface area (Å²) in [6, 6.07) is 12.6. The number of hydrogen-bond donors (Lipinski definition) is 0. The summed E-state index contributed by atoms with van der Waals surface area (Å²) in [5.41, 5.74) is -0.0321. The van der Waals surface area contributed by atoms with E-state index in [9.17, 15) is 9.59 Å². The van der Waals surface area contributed by atoms with Crippen molar-refractivity contribution in [2.45, 2.75) is 0 Å². The fraction of sp³-hybridized carbons (Fsp3) is 0.130. The highest BCUT2D eigenvalue weighted by molar-refractivity contribution is 6.30. The Kier molecular flexibility index (Phi) is 5.44. The van der Waals surface area contributed by atoms with Crippen LogP contribution in [0.4, 0.5) is 0 Å². The topological polar surface area (TPSA) is 84.2 Å². The standard InChI is InChI=1S/C23H17ClO7/c1-27-18-11-16-19(21(29-3)20(18)28-2)15-9-8-14(10-17(15)31-23(16)26)30-22(25)12-4-6-13(24)7-5-12/h4-11H,1-3H3. The van der Waals surface area contributed by atoms with Crippen molar-refractivity contribution >= 4 is 39.3 Å². The lowest BCUT2D eigenvalue weighted by Gasteiger charge is -2.15. The molecule has 0 radical (unpaired) electrons. The normalized spacial score (nSPS) is 10.8. The van der Waals surface area contributed by atoms with Gasteiger partial charge in [0.05, 0.1) is 32.3 Å². The van der Waals surface area contributed by atoms with Crippen LogP contribution in [0.5, 0.6) is 23.0 Å². The lowest BCUT2D eigenvalue weighted by atomic mass is 10.0. The van der Waals surface area contributed by atoms with Gasteiger partial charge in [0.1, 0.15) is 11.3 Å². The van der Waals surface area contributed by atoms with Crippen molar-refractivity contribution < 1.29 is 28.2 Å².